The maximum Gasteiger partial charge on any atom is 0.234 e. The van der Waals surface area contributed by atoms with Gasteiger partial charge in [0.1, 0.15) is 0 Å². The topological polar surface area (TPSA) is 101 Å². The number of rotatable bonds is 4. The fourth-order valence-corrected chi connectivity index (χ4v) is 6.01. The summed E-state index contributed by atoms with van der Waals surface area (Å²) in [5.74, 6) is -4.28. The van der Waals surface area contributed by atoms with Crippen LogP contribution in [0.25, 0.3) is 0 Å². The Morgan fingerprint density at radius 3 is 1.31 bits per heavy atom. The van der Waals surface area contributed by atoms with Gasteiger partial charge in [-0.25, -0.2) is 0 Å². The van der Waals surface area contributed by atoms with Crippen molar-refractivity contribution in [1.82, 2.24) is 19.8 Å². The first-order valence-corrected chi connectivity index (χ1v) is 10.7. The third-order valence-electron chi connectivity index (χ3n) is 7.32. The predicted molar refractivity (Wildman–Crippen MR) is 110 cm³/mol. The Balaban J connectivity index is 1.31. The van der Waals surface area contributed by atoms with Crippen molar-refractivity contribution >= 4 is 23.6 Å². The summed E-state index contributed by atoms with van der Waals surface area (Å²) in [7, 11) is 0. The number of likely N-dealkylation sites (tertiary alicyclic amines) is 2. The predicted octanol–water partition coefficient (Wildman–Crippen LogP) is 1.20. The van der Waals surface area contributed by atoms with Crippen LogP contribution in [0.15, 0.2) is 61.2 Å². The summed E-state index contributed by atoms with van der Waals surface area (Å²) in [6.07, 6.45) is 10.3. The quantitative estimate of drug-likeness (QED) is 0.536. The Labute approximate surface area is 183 Å². The lowest BCUT2D eigenvalue weighted by molar-refractivity contribution is -0.140. The number of pyridine rings is 2. The number of hydrogen-bond donors (Lipinski definition) is 0. The lowest BCUT2D eigenvalue weighted by Gasteiger charge is -2.44. The van der Waals surface area contributed by atoms with E-state index in [-0.39, 0.29) is 36.7 Å². The van der Waals surface area contributed by atoms with Crippen LogP contribution >= 0.6 is 0 Å². The van der Waals surface area contributed by atoms with E-state index < -0.39 is 35.5 Å². The highest BCUT2D eigenvalue weighted by Gasteiger charge is 2.68. The zero-order valence-electron chi connectivity index (χ0n) is 17.1. The third kappa shape index (κ3) is 2.55. The highest BCUT2D eigenvalue weighted by Crippen LogP contribution is 2.58. The molecule has 2 bridgehead atoms. The second kappa shape index (κ2) is 6.91. The Bertz CT molecular complexity index is 1030. The summed E-state index contributed by atoms with van der Waals surface area (Å²) in [5.41, 5.74) is 1.53. The van der Waals surface area contributed by atoms with E-state index >= 15 is 0 Å². The number of carbonyl (C=O) groups is 4. The van der Waals surface area contributed by atoms with E-state index in [0.717, 1.165) is 11.1 Å². The van der Waals surface area contributed by atoms with Crippen LogP contribution in [0.2, 0.25) is 0 Å². The summed E-state index contributed by atoms with van der Waals surface area (Å²) in [4.78, 5) is 64.0. The molecule has 4 heterocycles. The summed E-state index contributed by atoms with van der Waals surface area (Å²) in [5, 5.41) is 0. The van der Waals surface area contributed by atoms with Gasteiger partial charge in [-0.3, -0.25) is 38.9 Å². The molecule has 0 spiro atoms. The largest absolute Gasteiger partial charge is 0.278 e. The number of allylic oxidation sites excluding steroid dienone is 2. The van der Waals surface area contributed by atoms with Gasteiger partial charge in [0.05, 0.1) is 36.8 Å². The van der Waals surface area contributed by atoms with Crippen molar-refractivity contribution in [3.63, 3.8) is 0 Å². The molecular weight excluding hydrogens is 408 g/mol. The molecule has 3 aliphatic carbocycles. The zero-order valence-corrected chi connectivity index (χ0v) is 17.1. The molecule has 1 saturated carbocycles. The van der Waals surface area contributed by atoms with Crippen LogP contribution < -0.4 is 0 Å². The highest BCUT2D eigenvalue weighted by atomic mass is 16.2. The van der Waals surface area contributed by atoms with Crippen LogP contribution in [0.5, 0.6) is 0 Å². The first-order valence-electron chi connectivity index (χ1n) is 10.7. The van der Waals surface area contributed by atoms with E-state index in [0.29, 0.717) is 0 Å². The number of amides is 4. The van der Waals surface area contributed by atoms with Crippen molar-refractivity contribution in [3.8, 4) is 0 Å². The molecule has 8 nitrogen and oxygen atoms in total. The van der Waals surface area contributed by atoms with Crippen molar-refractivity contribution in [3.05, 3.63) is 72.3 Å². The van der Waals surface area contributed by atoms with Gasteiger partial charge in [0.15, 0.2) is 0 Å². The fourth-order valence-electron chi connectivity index (χ4n) is 6.01. The standard InChI is InChI=1S/C24H20N4O4/c29-21-17-15-5-6-16(18(17)22(30)27(21)11-13-3-1-7-25-9-13)20-19(15)23(31)28(24(20)32)12-14-4-2-8-26-10-14/h1-10,15-20H,11-12H2/t15?,16?,17-,18-,19-,20-/m1/s1. The normalized spacial score (nSPS) is 32.6. The second-order valence-electron chi connectivity index (χ2n) is 8.89. The molecule has 5 aliphatic rings. The van der Waals surface area contributed by atoms with Crippen molar-refractivity contribution in [2.45, 2.75) is 13.1 Å². The van der Waals surface area contributed by atoms with E-state index in [4.69, 9.17) is 0 Å². The first-order chi connectivity index (χ1) is 15.6. The van der Waals surface area contributed by atoms with Crippen LogP contribution in [0.1, 0.15) is 11.1 Å². The van der Waals surface area contributed by atoms with E-state index in [2.05, 4.69) is 9.97 Å². The molecule has 0 aromatic carbocycles. The third-order valence-corrected chi connectivity index (χ3v) is 7.32. The molecule has 160 valence electrons. The molecule has 8 heteroatoms. The minimum absolute atomic E-state index is 0.155. The van der Waals surface area contributed by atoms with Gasteiger partial charge in [-0.05, 0) is 23.3 Å². The molecule has 7 rings (SSSR count). The highest BCUT2D eigenvalue weighted by molar-refractivity contribution is 6.10. The van der Waals surface area contributed by atoms with Gasteiger partial charge in [-0.1, -0.05) is 24.3 Å². The minimum atomic E-state index is -0.592. The van der Waals surface area contributed by atoms with Crippen LogP contribution in [-0.2, 0) is 32.3 Å². The maximum atomic E-state index is 13.3. The monoisotopic (exact) mass is 428 g/mol. The van der Waals surface area contributed by atoms with Crippen molar-refractivity contribution in [2.24, 2.45) is 35.5 Å². The number of aromatic nitrogens is 2. The van der Waals surface area contributed by atoms with E-state index in [9.17, 15) is 19.2 Å². The molecule has 0 unspecified atom stereocenters. The molecule has 4 amide bonds. The fraction of sp³-hybridized carbons (Fsp3) is 0.333. The molecule has 3 fully saturated rings. The molecule has 2 aromatic rings. The van der Waals surface area contributed by atoms with Crippen molar-refractivity contribution in [1.29, 1.82) is 0 Å². The summed E-state index contributed by atoms with van der Waals surface area (Å²) < 4.78 is 0. The lowest BCUT2D eigenvalue weighted by Crippen LogP contribution is -2.50. The number of imide groups is 2. The summed E-state index contributed by atoms with van der Waals surface area (Å²) in [6.45, 7) is 0.310. The van der Waals surface area contributed by atoms with Crippen molar-refractivity contribution < 1.29 is 19.2 Å². The van der Waals surface area contributed by atoms with Gasteiger partial charge in [0.25, 0.3) is 0 Å². The van der Waals surface area contributed by atoms with E-state index in [1.165, 1.54) is 9.80 Å². The van der Waals surface area contributed by atoms with E-state index in [1.807, 2.05) is 24.3 Å². The minimum Gasteiger partial charge on any atom is -0.278 e. The Kier molecular flexibility index (Phi) is 4.11. The smallest absolute Gasteiger partial charge is 0.234 e. The summed E-state index contributed by atoms with van der Waals surface area (Å²) in [6, 6.07) is 7.16. The second-order valence-corrected chi connectivity index (χ2v) is 8.89. The molecule has 0 N–H and O–H groups in total. The van der Waals surface area contributed by atoms with Crippen LogP contribution in [-0.4, -0.2) is 43.4 Å². The molecular formula is C24H20N4O4. The molecule has 2 aromatic heterocycles. The Morgan fingerprint density at radius 2 is 1.00 bits per heavy atom. The zero-order chi connectivity index (χ0) is 22.0. The Morgan fingerprint density at radius 1 is 0.625 bits per heavy atom. The molecule has 2 saturated heterocycles. The van der Waals surface area contributed by atoms with Gasteiger partial charge in [0, 0.05) is 36.6 Å². The van der Waals surface area contributed by atoms with Crippen LogP contribution in [0, 0.1) is 35.5 Å². The summed E-state index contributed by atoms with van der Waals surface area (Å²) >= 11 is 0. The molecule has 4 atom stereocenters. The van der Waals surface area contributed by atoms with E-state index in [1.54, 1.807) is 36.9 Å². The van der Waals surface area contributed by atoms with Gasteiger partial charge in [-0.15, -0.1) is 0 Å². The Hall–Kier alpha value is -3.68. The van der Waals surface area contributed by atoms with Gasteiger partial charge < -0.3 is 0 Å². The average Bonchev–Trinajstić information content (AvgIpc) is 3.24. The lowest BCUT2D eigenvalue weighted by atomic mass is 9.54. The maximum absolute atomic E-state index is 13.3. The average molecular weight is 428 g/mol. The van der Waals surface area contributed by atoms with Crippen LogP contribution in [0.4, 0.5) is 0 Å². The van der Waals surface area contributed by atoms with Gasteiger partial charge in [0.2, 0.25) is 23.6 Å². The SMILES string of the molecule is O=C1[C@@H]2C3C=CC([C@H]2C(=O)N1Cc1cccnc1)[C@H]1C(=O)N(Cc2cccnc2)C(=O)[C@H]31. The number of hydrogen-bond acceptors (Lipinski definition) is 6. The van der Waals surface area contributed by atoms with Crippen molar-refractivity contribution in [2.75, 3.05) is 0 Å². The van der Waals surface area contributed by atoms with Gasteiger partial charge >= 0.3 is 0 Å². The molecule has 0 radical (unpaired) electrons. The first kappa shape index (κ1) is 19.0. The molecule has 2 aliphatic heterocycles. The number of carbonyl (C=O) groups excluding carboxylic acids is 4. The van der Waals surface area contributed by atoms with Gasteiger partial charge in [-0.2, -0.15) is 0 Å². The molecule has 32 heavy (non-hydrogen) atoms. The number of nitrogens with zero attached hydrogens (tertiary/aromatic N) is 4. The van der Waals surface area contributed by atoms with Crippen LogP contribution in [0.3, 0.4) is 0 Å².